The Morgan fingerprint density at radius 1 is 0.439 bits per heavy atom. The third-order valence-corrected chi connectivity index (χ3v) is 20.2. The highest BCUT2D eigenvalue weighted by Crippen LogP contribution is 2.37. The van der Waals surface area contributed by atoms with E-state index in [-0.39, 0.29) is 12.6 Å². The molecule has 2 unspecified atom stereocenters. The Morgan fingerprint density at radius 2 is 0.985 bits per heavy atom. The quantitative estimate of drug-likeness (QED) is 0.241. The lowest BCUT2D eigenvalue weighted by Gasteiger charge is -2.25. The van der Waals surface area contributed by atoms with Gasteiger partial charge in [-0.25, -0.2) is 0 Å². The summed E-state index contributed by atoms with van der Waals surface area (Å²) < 4.78 is 33.3. The molecule has 0 spiro atoms. The van der Waals surface area contributed by atoms with Gasteiger partial charge in [-0.3, -0.25) is 15.3 Å². The summed E-state index contributed by atoms with van der Waals surface area (Å²) in [5, 5.41) is 8.72. The van der Waals surface area contributed by atoms with Gasteiger partial charge >= 0.3 is 0 Å². The number of nitrogens with zero attached hydrogens (tertiary/aromatic N) is 2. The molecule has 392 valence electrons. The second kappa shape index (κ2) is 40.4. The molecule has 0 aromatic heterocycles. The van der Waals surface area contributed by atoms with Crippen molar-refractivity contribution < 1.29 is 28.4 Å². The molecule has 2 N–H and O–H groups in total. The Labute approximate surface area is 432 Å². The molecule has 0 amide bonds. The second-order valence-corrected chi connectivity index (χ2v) is 27.5. The van der Waals surface area contributed by atoms with Gasteiger partial charge in [0.05, 0.1) is 59.2 Å². The van der Waals surface area contributed by atoms with Crippen LogP contribution in [0.2, 0.25) is 0 Å². The van der Waals surface area contributed by atoms with E-state index in [9.17, 15) is 0 Å². The first-order valence-corrected chi connectivity index (χ1v) is 31.6. The fourth-order valence-corrected chi connectivity index (χ4v) is 14.4. The highest BCUT2D eigenvalue weighted by atomic mass is 32.2. The third kappa shape index (κ3) is 32.1. The molecule has 8 aliphatic rings. The van der Waals surface area contributed by atoms with Crippen LogP contribution in [0.25, 0.3) is 0 Å². The molecular weight excluding hydrogens is 945 g/mol. The molecule has 6 saturated heterocycles. The van der Waals surface area contributed by atoms with E-state index >= 15 is 0 Å². The van der Waals surface area contributed by atoms with Crippen molar-refractivity contribution in [1.29, 1.82) is 0 Å². The molecule has 0 bridgehead atoms. The summed E-state index contributed by atoms with van der Waals surface area (Å²) >= 11 is 12.4. The summed E-state index contributed by atoms with van der Waals surface area (Å²) in [6.45, 7) is 44.1. The van der Waals surface area contributed by atoms with Crippen LogP contribution in [-0.2, 0) is 28.4 Å². The van der Waals surface area contributed by atoms with E-state index in [0.717, 1.165) is 104 Å². The number of ether oxygens (including phenoxy) is 6. The number of nitrogens with one attached hydrogen (secondary N) is 2. The minimum absolute atomic E-state index is 0.0544. The summed E-state index contributed by atoms with van der Waals surface area (Å²) in [4.78, 5) is 8.44. The largest absolute Gasteiger partial charge is 0.479 e. The minimum Gasteiger partial charge on any atom is -0.479 e. The molecule has 16 heteroatoms. The molecule has 2 atom stereocenters. The maximum absolute atomic E-state index is 5.32. The summed E-state index contributed by atoms with van der Waals surface area (Å²) in [7, 11) is 0. The van der Waals surface area contributed by atoms with Crippen molar-refractivity contribution >= 4 is 81.5 Å². The van der Waals surface area contributed by atoms with Gasteiger partial charge in [0, 0.05) is 66.3 Å². The zero-order valence-corrected chi connectivity index (χ0v) is 49.5. The van der Waals surface area contributed by atoms with Crippen LogP contribution in [-0.4, -0.2) is 145 Å². The van der Waals surface area contributed by atoms with E-state index in [1.807, 2.05) is 23.5 Å². The highest BCUT2D eigenvalue weighted by Gasteiger charge is 2.21. The van der Waals surface area contributed by atoms with Gasteiger partial charge in [0.15, 0.2) is 18.5 Å². The van der Waals surface area contributed by atoms with Crippen molar-refractivity contribution in [2.24, 2.45) is 57.3 Å². The van der Waals surface area contributed by atoms with E-state index in [1.54, 1.807) is 0 Å². The zero-order valence-electron chi connectivity index (χ0n) is 44.6. The summed E-state index contributed by atoms with van der Waals surface area (Å²) in [6.07, 6.45) is 2.89. The zero-order chi connectivity index (χ0) is 49.3. The fourth-order valence-electron chi connectivity index (χ4n) is 6.46. The van der Waals surface area contributed by atoms with Gasteiger partial charge in [-0.05, 0) is 48.0 Å². The van der Waals surface area contributed by atoms with Crippen LogP contribution < -0.4 is 10.6 Å². The average Bonchev–Trinajstić information content (AvgIpc) is 4.17. The predicted molar refractivity (Wildman–Crippen MR) is 302 cm³/mol. The van der Waals surface area contributed by atoms with Crippen molar-refractivity contribution in [2.45, 2.75) is 157 Å². The minimum atomic E-state index is 0.0544. The van der Waals surface area contributed by atoms with Crippen LogP contribution >= 0.6 is 70.6 Å². The van der Waals surface area contributed by atoms with Crippen LogP contribution in [0.4, 0.5) is 0 Å². The predicted octanol–water partition coefficient (Wildman–Crippen LogP) is 12.5. The van der Waals surface area contributed by atoms with Gasteiger partial charge in [-0.15, -0.1) is 70.6 Å². The van der Waals surface area contributed by atoms with Crippen LogP contribution in [0, 0.1) is 47.3 Å². The van der Waals surface area contributed by atoms with E-state index in [1.165, 1.54) is 52.5 Å². The molecule has 0 radical (unpaired) electrons. The third-order valence-electron chi connectivity index (χ3n) is 10.1. The molecular formula is C50H100N4O6S6. The second-order valence-electron chi connectivity index (χ2n) is 19.5. The van der Waals surface area contributed by atoms with Gasteiger partial charge in [-0.1, -0.05) is 111 Å². The van der Waals surface area contributed by atoms with E-state index in [0.29, 0.717) is 35.8 Å². The highest BCUT2D eigenvalue weighted by molar-refractivity contribution is 8.20. The Morgan fingerprint density at radius 3 is 1.26 bits per heavy atom. The maximum atomic E-state index is 5.32. The fraction of sp³-hybridized carbons (Fsp3) is 0.960. The lowest BCUT2D eigenvalue weighted by Crippen LogP contribution is -2.29. The Hall–Kier alpha value is 0.960. The van der Waals surface area contributed by atoms with Crippen molar-refractivity contribution in [3.8, 4) is 0 Å². The van der Waals surface area contributed by atoms with E-state index in [4.69, 9.17) is 28.4 Å². The number of thioether (sulfide) groups is 6. The topological polar surface area (TPSA) is 104 Å². The van der Waals surface area contributed by atoms with Crippen molar-refractivity contribution in [3.63, 3.8) is 0 Å². The molecule has 0 saturated carbocycles. The Bertz CT molecular complexity index is 1050. The van der Waals surface area contributed by atoms with E-state index < -0.39 is 0 Å². The molecule has 10 nitrogen and oxygen atoms in total. The molecule has 8 aliphatic heterocycles. The van der Waals surface area contributed by atoms with Crippen LogP contribution in [0.1, 0.15) is 124 Å². The summed E-state index contributed by atoms with van der Waals surface area (Å²) in [6, 6.07) is 0. The smallest absolute Gasteiger partial charge is 0.186 e. The van der Waals surface area contributed by atoms with Gasteiger partial charge in [0.2, 0.25) is 0 Å². The van der Waals surface area contributed by atoms with Crippen molar-refractivity contribution in [1.82, 2.24) is 10.6 Å². The maximum Gasteiger partial charge on any atom is 0.186 e. The Balaban J connectivity index is 0.000000377. The summed E-state index contributed by atoms with van der Waals surface area (Å²) in [5.74, 6) is 14.2. The molecule has 66 heavy (non-hydrogen) atoms. The number of rotatable bonds is 8. The van der Waals surface area contributed by atoms with Gasteiger partial charge < -0.3 is 33.7 Å². The Kier molecular flexibility index (Phi) is 39.8. The first-order valence-electron chi connectivity index (χ1n) is 25.4. The lowest BCUT2D eigenvalue weighted by atomic mass is 10.2. The molecule has 0 aliphatic carbocycles. The van der Waals surface area contributed by atoms with Crippen LogP contribution in [0.15, 0.2) is 9.98 Å². The van der Waals surface area contributed by atoms with E-state index in [2.05, 4.69) is 178 Å². The van der Waals surface area contributed by atoms with Gasteiger partial charge in [-0.2, -0.15) is 0 Å². The molecule has 0 aromatic carbocycles. The first-order chi connectivity index (χ1) is 31.4. The lowest BCUT2D eigenvalue weighted by molar-refractivity contribution is -0.198. The van der Waals surface area contributed by atoms with Crippen LogP contribution in [0.5, 0.6) is 0 Å². The van der Waals surface area contributed by atoms with Crippen molar-refractivity contribution in [2.75, 3.05) is 100 Å². The monoisotopic (exact) mass is 1040 g/mol. The molecule has 0 aromatic rings. The van der Waals surface area contributed by atoms with Gasteiger partial charge in [0.1, 0.15) is 12.8 Å². The normalized spacial score (nSPS) is 23.6. The number of aliphatic imine (C=N–C) groups is 2. The average molecular weight is 1050 g/mol. The van der Waals surface area contributed by atoms with Gasteiger partial charge in [0.25, 0.3) is 0 Å². The SMILES string of the molecule is CC(C)C1=NCCO1.CC(C)C1=NCCS1.CC(C)C1NCCO1.CC(C)C1NCCS1.CC(C)C1OCCCO1.CC(C)C1OCCO1.CC(C)C1SCCCS1.CC(C)C1SCCS1. The van der Waals surface area contributed by atoms with Crippen molar-refractivity contribution in [3.05, 3.63) is 0 Å². The number of hydrogen-bond acceptors (Lipinski definition) is 16. The van der Waals surface area contributed by atoms with Crippen LogP contribution in [0.3, 0.4) is 0 Å². The molecule has 6 fully saturated rings. The number of hydrogen-bond donors (Lipinski definition) is 2. The molecule has 8 rings (SSSR count). The summed E-state index contributed by atoms with van der Waals surface area (Å²) in [5.41, 5.74) is 0. The first kappa shape index (κ1) is 65.0. The molecule has 8 heterocycles. The standard InChI is InChI=1S/C7H14O2.C7H14S2.C6H13NO.C6H11NO.C6H13NS.C6H11NS.C6H12O2.C6H12S2/c2*1-6(2)7-8-4-3-5-9-7;6*1-5(2)6-7-3-4-8-6/h2*6-7H,3-5H2,1-2H3;5-7H,3-4H2,1-2H3;5H,3-4H2,1-2H3;5-7H,3-4H2,1-2H3;5H,3-4H2,1-2H3;2*5-6H,3-4H2,1-2H3.